The molecule has 0 heterocycles. The Bertz CT molecular complexity index is 362. The highest BCUT2D eigenvalue weighted by molar-refractivity contribution is 6.32. The van der Waals surface area contributed by atoms with Crippen LogP contribution in [0.4, 0.5) is 0 Å². The Labute approximate surface area is 129 Å². The predicted molar refractivity (Wildman–Crippen MR) is 88.6 cm³/mol. The molecule has 0 saturated carbocycles. The molecular weight excluding hydrogens is 268 g/mol. The lowest BCUT2D eigenvalue weighted by molar-refractivity contribution is 0.415. The van der Waals surface area contributed by atoms with Crippen LogP contribution in [0.15, 0.2) is 18.2 Å². The smallest absolute Gasteiger partial charge is 0.137 e. The average Bonchev–Trinajstić information content (AvgIpc) is 2.46. The zero-order valence-electron chi connectivity index (χ0n) is 12.8. The summed E-state index contributed by atoms with van der Waals surface area (Å²) >= 11 is 6.12. The first-order valence-corrected chi connectivity index (χ1v) is 8.27. The van der Waals surface area contributed by atoms with Gasteiger partial charge < -0.3 is 4.74 Å². The highest BCUT2D eigenvalue weighted by atomic mass is 35.5. The summed E-state index contributed by atoms with van der Waals surface area (Å²) in [6, 6.07) is 6.10. The van der Waals surface area contributed by atoms with Crippen LogP contribution in [-0.4, -0.2) is 7.11 Å². The van der Waals surface area contributed by atoms with Gasteiger partial charge in [0.1, 0.15) is 5.75 Å². The van der Waals surface area contributed by atoms with Crippen LogP contribution in [0.3, 0.4) is 0 Å². The highest BCUT2D eigenvalue weighted by Crippen LogP contribution is 2.25. The van der Waals surface area contributed by atoms with Crippen molar-refractivity contribution in [2.45, 2.75) is 64.2 Å². The molecule has 0 saturated heterocycles. The fraction of sp³-hybridized carbons (Fsp3) is 0.611. The third-order valence-electron chi connectivity index (χ3n) is 3.68. The Balaban J connectivity index is 2.05. The molecule has 1 aromatic rings. The monoisotopic (exact) mass is 295 g/mol. The summed E-state index contributed by atoms with van der Waals surface area (Å²) in [5.74, 6) is 0.762. The summed E-state index contributed by atoms with van der Waals surface area (Å²) in [6.07, 6.45) is 12.9. The van der Waals surface area contributed by atoms with E-state index in [-0.39, 0.29) is 0 Å². The fourth-order valence-electron chi connectivity index (χ4n) is 2.43. The summed E-state index contributed by atoms with van der Waals surface area (Å²) in [5.41, 5.74) is 1.31. The van der Waals surface area contributed by atoms with E-state index in [2.05, 4.69) is 13.0 Å². The molecule has 0 N–H and O–H groups in total. The van der Waals surface area contributed by atoms with Crippen LogP contribution in [0.5, 0.6) is 5.75 Å². The second-order valence-corrected chi connectivity index (χ2v) is 5.81. The van der Waals surface area contributed by atoms with Crippen molar-refractivity contribution >= 4 is 11.6 Å². The lowest BCUT2D eigenvalue weighted by Gasteiger charge is -2.06. The van der Waals surface area contributed by atoms with Crippen molar-refractivity contribution in [2.24, 2.45) is 0 Å². The van der Waals surface area contributed by atoms with Gasteiger partial charge in [0.25, 0.3) is 0 Å². The lowest BCUT2D eigenvalue weighted by atomic mass is 10.0. The van der Waals surface area contributed by atoms with E-state index in [0.717, 1.165) is 23.6 Å². The topological polar surface area (TPSA) is 9.23 Å². The molecule has 0 fully saturated rings. The number of aryl methyl sites for hydroxylation is 1. The zero-order chi connectivity index (χ0) is 14.6. The molecule has 1 aromatic carbocycles. The second-order valence-electron chi connectivity index (χ2n) is 5.40. The zero-order valence-corrected chi connectivity index (χ0v) is 13.6. The molecule has 20 heavy (non-hydrogen) atoms. The highest BCUT2D eigenvalue weighted by Gasteiger charge is 2.01. The van der Waals surface area contributed by atoms with Crippen LogP contribution < -0.4 is 4.74 Å². The van der Waals surface area contributed by atoms with Gasteiger partial charge in [0, 0.05) is 0 Å². The maximum Gasteiger partial charge on any atom is 0.137 e. The molecule has 0 bridgehead atoms. The number of hydrogen-bond acceptors (Lipinski definition) is 1. The van der Waals surface area contributed by atoms with Crippen LogP contribution in [0.1, 0.15) is 63.4 Å². The SMILES string of the molecule is [CH2]CCCCCCCCCCc1ccc(OC)c(Cl)c1. The van der Waals surface area contributed by atoms with Crippen molar-refractivity contribution in [2.75, 3.05) is 7.11 Å². The van der Waals surface area contributed by atoms with Crippen LogP contribution in [0.2, 0.25) is 5.02 Å². The number of halogens is 1. The minimum atomic E-state index is 0.718. The summed E-state index contributed by atoms with van der Waals surface area (Å²) in [6.45, 7) is 3.87. The molecule has 0 spiro atoms. The van der Waals surface area contributed by atoms with Gasteiger partial charge in [-0.05, 0) is 30.5 Å². The molecule has 0 aliphatic carbocycles. The minimum absolute atomic E-state index is 0.718. The lowest BCUT2D eigenvalue weighted by Crippen LogP contribution is -1.89. The van der Waals surface area contributed by atoms with E-state index >= 15 is 0 Å². The van der Waals surface area contributed by atoms with Gasteiger partial charge in [-0.3, -0.25) is 0 Å². The third-order valence-corrected chi connectivity index (χ3v) is 3.98. The van der Waals surface area contributed by atoms with Gasteiger partial charge in [0.05, 0.1) is 12.1 Å². The second kappa shape index (κ2) is 11.0. The van der Waals surface area contributed by atoms with Crippen LogP contribution in [-0.2, 0) is 6.42 Å². The quantitative estimate of drug-likeness (QED) is 0.439. The molecule has 0 unspecified atom stereocenters. The van der Waals surface area contributed by atoms with Crippen molar-refractivity contribution in [1.29, 1.82) is 0 Å². The van der Waals surface area contributed by atoms with Gasteiger partial charge in [-0.2, -0.15) is 0 Å². The normalized spacial score (nSPS) is 10.8. The Morgan fingerprint density at radius 2 is 1.55 bits per heavy atom. The molecule has 0 aromatic heterocycles. The Kier molecular flexibility index (Phi) is 9.57. The van der Waals surface area contributed by atoms with E-state index in [4.69, 9.17) is 16.3 Å². The van der Waals surface area contributed by atoms with E-state index < -0.39 is 0 Å². The number of benzene rings is 1. The van der Waals surface area contributed by atoms with Gasteiger partial charge in [-0.15, -0.1) is 0 Å². The van der Waals surface area contributed by atoms with Crippen molar-refractivity contribution < 1.29 is 4.74 Å². The number of hydrogen-bond donors (Lipinski definition) is 0. The molecule has 1 radical (unpaired) electrons. The summed E-state index contributed by atoms with van der Waals surface area (Å²) in [4.78, 5) is 0. The summed E-state index contributed by atoms with van der Waals surface area (Å²) in [7, 11) is 1.65. The van der Waals surface area contributed by atoms with E-state index in [0.29, 0.717) is 0 Å². The maximum absolute atomic E-state index is 6.12. The van der Waals surface area contributed by atoms with E-state index in [9.17, 15) is 0 Å². The fourth-order valence-corrected chi connectivity index (χ4v) is 2.71. The van der Waals surface area contributed by atoms with Crippen molar-refractivity contribution in [1.82, 2.24) is 0 Å². The van der Waals surface area contributed by atoms with Crippen molar-refractivity contribution in [3.8, 4) is 5.75 Å². The largest absolute Gasteiger partial charge is 0.495 e. The van der Waals surface area contributed by atoms with E-state index in [1.165, 1.54) is 56.9 Å². The molecule has 0 aliphatic heterocycles. The molecule has 0 atom stereocenters. The van der Waals surface area contributed by atoms with Gasteiger partial charge in [-0.25, -0.2) is 0 Å². The molecule has 0 aliphatic rings. The number of unbranched alkanes of at least 4 members (excludes halogenated alkanes) is 8. The molecule has 1 nitrogen and oxygen atoms in total. The van der Waals surface area contributed by atoms with E-state index in [1.807, 2.05) is 12.1 Å². The standard InChI is InChI=1S/C18H28ClO/c1-3-4-5-6-7-8-9-10-11-12-16-13-14-18(20-2)17(19)15-16/h13-15H,1,3-12H2,2H3. The van der Waals surface area contributed by atoms with Crippen molar-refractivity contribution in [3.63, 3.8) is 0 Å². The van der Waals surface area contributed by atoms with Gasteiger partial charge in [-0.1, -0.05) is 76.0 Å². The minimum Gasteiger partial charge on any atom is -0.495 e. The third kappa shape index (κ3) is 7.19. The molecular formula is C18H28ClO. The summed E-state index contributed by atoms with van der Waals surface area (Å²) in [5, 5.41) is 0.718. The van der Waals surface area contributed by atoms with Gasteiger partial charge >= 0.3 is 0 Å². The Morgan fingerprint density at radius 3 is 2.10 bits per heavy atom. The average molecular weight is 296 g/mol. The van der Waals surface area contributed by atoms with Gasteiger partial charge in [0.15, 0.2) is 0 Å². The first kappa shape index (κ1) is 17.4. The van der Waals surface area contributed by atoms with Crippen LogP contribution >= 0.6 is 11.6 Å². The number of rotatable bonds is 11. The molecule has 0 amide bonds. The molecule has 1 rings (SSSR count). The predicted octanol–water partition coefficient (Wildman–Crippen LogP) is 6.24. The van der Waals surface area contributed by atoms with Gasteiger partial charge in [0.2, 0.25) is 0 Å². The first-order valence-electron chi connectivity index (χ1n) is 7.89. The van der Waals surface area contributed by atoms with Crippen LogP contribution in [0, 0.1) is 6.92 Å². The van der Waals surface area contributed by atoms with Crippen molar-refractivity contribution in [3.05, 3.63) is 35.7 Å². The van der Waals surface area contributed by atoms with Crippen LogP contribution in [0.25, 0.3) is 0 Å². The molecule has 113 valence electrons. The Hall–Kier alpha value is -0.690. The molecule has 2 heteroatoms. The maximum atomic E-state index is 6.12. The Morgan fingerprint density at radius 1 is 0.950 bits per heavy atom. The van der Waals surface area contributed by atoms with E-state index in [1.54, 1.807) is 7.11 Å². The number of methoxy groups -OCH3 is 1. The first-order chi connectivity index (χ1) is 9.77. The summed E-state index contributed by atoms with van der Waals surface area (Å²) < 4.78 is 5.16. The number of ether oxygens (including phenoxy) is 1.